The molecule has 1 heterocycles. The van der Waals surface area contributed by atoms with Gasteiger partial charge in [0.1, 0.15) is 0 Å². The van der Waals surface area contributed by atoms with Gasteiger partial charge in [0.25, 0.3) is 5.91 Å². The number of amides is 1. The van der Waals surface area contributed by atoms with Crippen molar-refractivity contribution >= 4 is 27.5 Å². The quantitative estimate of drug-likeness (QED) is 0.530. The first kappa shape index (κ1) is 24.1. The van der Waals surface area contributed by atoms with Crippen LogP contribution in [0.15, 0.2) is 23.1 Å². The number of carbonyl (C=O) groups excluding carboxylic acids is 1. The molecule has 154 valence electrons. The van der Waals surface area contributed by atoms with Gasteiger partial charge in [0, 0.05) is 39.3 Å². The summed E-state index contributed by atoms with van der Waals surface area (Å²) < 4.78 is 31.9. The fourth-order valence-corrected chi connectivity index (χ4v) is 4.49. The van der Waals surface area contributed by atoms with E-state index in [-0.39, 0.29) is 33.8 Å². The van der Waals surface area contributed by atoms with Crippen molar-refractivity contribution < 1.29 is 30.4 Å². The van der Waals surface area contributed by atoms with Gasteiger partial charge in [-0.05, 0) is 18.2 Å². The second-order valence-electron chi connectivity index (χ2n) is 5.94. The number of nitrogens with zero attached hydrogens (tertiary/aromatic N) is 2. The van der Waals surface area contributed by atoms with Gasteiger partial charge in [-0.1, -0.05) is 25.4 Å². The molecule has 0 atom stereocenters. The summed E-state index contributed by atoms with van der Waals surface area (Å²) in [5.41, 5.74) is 0.168. The number of morpholine rings is 1. The Kier molecular flexibility index (Phi) is 10.0. The number of halogens is 2. The molecular formula is C17H26Cl2N3O4S-. The number of rotatable bonds is 8. The number of sulfonamides is 1. The van der Waals surface area contributed by atoms with Crippen LogP contribution in [0.2, 0.25) is 5.02 Å². The molecule has 1 saturated heterocycles. The van der Waals surface area contributed by atoms with Crippen LogP contribution in [0.25, 0.3) is 0 Å². The SMILES string of the molecule is CCN(CC)S(=O)(=O)c1ccc(Cl)c(C(=O)NCCN2CCOCC2)c1.[Cl-]. The average Bonchev–Trinajstić information content (AvgIpc) is 2.63. The van der Waals surface area contributed by atoms with E-state index in [4.69, 9.17) is 16.3 Å². The molecule has 1 N–H and O–H groups in total. The molecule has 1 aromatic carbocycles. The summed E-state index contributed by atoms with van der Waals surface area (Å²) in [6, 6.07) is 4.23. The van der Waals surface area contributed by atoms with E-state index in [1.54, 1.807) is 13.8 Å². The highest BCUT2D eigenvalue weighted by Gasteiger charge is 2.24. The van der Waals surface area contributed by atoms with E-state index in [0.717, 1.165) is 13.1 Å². The van der Waals surface area contributed by atoms with Crippen molar-refractivity contribution in [1.82, 2.24) is 14.5 Å². The van der Waals surface area contributed by atoms with E-state index in [9.17, 15) is 13.2 Å². The summed E-state index contributed by atoms with van der Waals surface area (Å²) in [4.78, 5) is 14.7. The first-order chi connectivity index (χ1) is 12.4. The van der Waals surface area contributed by atoms with E-state index in [2.05, 4.69) is 10.2 Å². The summed E-state index contributed by atoms with van der Waals surface area (Å²) in [5.74, 6) is -0.375. The van der Waals surface area contributed by atoms with Crippen molar-refractivity contribution in [1.29, 1.82) is 0 Å². The highest BCUT2D eigenvalue weighted by molar-refractivity contribution is 7.89. The minimum absolute atomic E-state index is 0. The molecule has 0 spiro atoms. The number of hydrogen-bond acceptors (Lipinski definition) is 5. The topological polar surface area (TPSA) is 79.0 Å². The molecule has 1 aliphatic rings. The van der Waals surface area contributed by atoms with Crippen molar-refractivity contribution in [2.24, 2.45) is 0 Å². The number of ether oxygens (including phenoxy) is 1. The van der Waals surface area contributed by atoms with Crippen LogP contribution in [0.3, 0.4) is 0 Å². The van der Waals surface area contributed by atoms with Crippen LogP contribution < -0.4 is 17.7 Å². The lowest BCUT2D eigenvalue weighted by Gasteiger charge is -2.26. The van der Waals surface area contributed by atoms with Gasteiger partial charge < -0.3 is 22.5 Å². The predicted octanol–water partition coefficient (Wildman–Crippen LogP) is -1.56. The van der Waals surface area contributed by atoms with Gasteiger partial charge in [-0.15, -0.1) is 0 Å². The smallest absolute Gasteiger partial charge is 0.252 e. The summed E-state index contributed by atoms with van der Waals surface area (Å²) in [6.45, 7) is 8.53. The summed E-state index contributed by atoms with van der Waals surface area (Å²) in [7, 11) is -3.64. The molecule has 0 saturated carbocycles. The Morgan fingerprint density at radius 1 is 1.26 bits per heavy atom. The van der Waals surface area contributed by atoms with Crippen molar-refractivity contribution in [2.75, 3.05) is 52.5 Å². The summed E-state index contributed by atoms with van der Waals surface area (Å²) in [5, 5.41) is 3.04. The molecule has 0 aromatic heterocycles. The highest BCUT2D eigenvalue weighted by atomic mass is 35.5. The maximum Gasteiger partial charge on any atom is 0.252 e. The Morgan fingerprint density at radius 2 is 1.89 bits per heavy atom. The molecule has 0 aliphatic carbocycles. The lowest BCUT2D eigenvalue weighted by atomic mass is 10.2. The van der Waals surface area contributed by atoms with Crippen LogP contribution in [0, 0.1) is 0 Å². The molecule has 2 rings (SSSR count). The van der Waals surface area contributed by atoms with Crippen LogP contribution in [0.5, 0.6) is 0 Å². The lowest BCUT2D eigenvalue weighted by Crippen LogP contribution is -3.00. The van der Waals surface area contributed by atoms with Crippen LogP contribution >= 0.6 is 11.6 Å². The molecule has 0 bridgehead atoms. The summed E-state index contributed by atoms with van der Waals surface area (Å²) >= 11 is 6.12. The minimum atomic E-state index is -3.64. The third-order valence-electron chi connectivity index (χ3n) is 4.34. The fourth-order valence-electron chi connectivity index (χ4n) is 2.80. The molecule has 1 fully saturated rings. The Balaban J connectivity index is 0.00000364. The Bertz CT molecular complexity index is 721. The molecule has 1 amide bonds. The lowest BCUT2D eigenvalue weighted by molar-refractivity contribution is -0.0000187. The van der Waals surface area contributed by atoms with Gasteiger partial charge in [-0.2, -0.15) is 4.31 Å². The Hall–Kier alpha value is -0.900. The van der Waals surface area contributed by atoms with Crippen molar-refractivity contribution in [3.8, 4) is 0 Å². The van der Waals surface area contributed by atoms with Crippen molar-refractivity contribution in [2.45, 2.75) is 18.7 Å². The number of hydrogen-bond donors (Lipinski definition) is 1. The van der Waals surface area contributed by atoms with Gasteiger partial charge in [0.05, 0.1) is 28.7 Å². The molecule has 10 heteroatoms. The maximum atomic E-state index is 12.6. The van der Waals surface area contributed by atoms with E-state index < -0.39 is 10.0 Å². The molecule has 7 nitrogen and oxygen atoms in total. The van der Waals surface area contributed by atoms with Crippen LogP contribution in [-0.4, -0.2) is 76.0 Å². The predicted molar refractivity (Wildman–Crippen MR) is 101 cm³/mol. The number of nitrogens with one attached hydrogen (secondary N) is 1. The van der Waals surface area contributed by atoms with Gasteiger partial charge in [0.2, 0.25) is 10.0 Å². The van der Waals surface area contributed by atoms with Crippen LogP contribution in [-0.2, 0) is 14.8 Å². The molecule has 1 aliphatic heterocycles. The molecular weight excluding hydrogens is 413 g/mol. The first-order valence-corrected chi connectivity index (χ1v) is 10.6. The second kappa shape index (κ2) is 11.2. The van der Waals surface area contributed by atoms with E-state index in [1.165, 1.54) is 22.5 Å². The number of carbonyl (C=O) groups is 1. The van der Waals surface area contributed by atoms with Crippen LogP contribution in [0.1, 0.15) is 24.2 Å². The van der Waals surface area contributed by atoms with Crippen molar-refractivity contribution in [3.63, 3.8) is 0 Å². The van der Waals surface area contributed by atoms with Gasteiger partial charge in [-0.3, -0.25) is 9.69 Å². The molecule has 1 aromatic rings. The fraction of sp³-hybridized carbons (Fsp3) is 0.588. The van der Waals surface area contributed by atoms with Gasteiger partial charge >= 0.3 is 0 Å². The number of benzene rings is 1. The normalized spacial score (nSPS) is 15.4. The highest BCUT2D eigenvalue weighted by Crippen LogP contribution is 2.23. The van der Waals surface area contributed by atoms with E-state index in [0.29, 0.717) is 39.4 Å². The largest absolute Gasteiger partial charge is 1.00 e. The zero-order chi connectivity index (χ0) is 19.2. The van der Waals surface area contributed by atoms with Gasteiger partial charge in [0.15, 0.2) is 0 Å². The molecule has 0 radical (unpaired) electrons. The molecule has 0 unspecified atom stereocenters. The van der Waals surface area contributed by atoms with Crippen molar-refractivity contribution in [3.05, 3.63) is 28.8 Å². The summed E-state index contributed by atoms with van der Waals surface area (Å²) in [6.07, 6.45) is 0. The minimum Gasteiger partial charge on any atom is -1.00 e. The zero-order valence-corrected chi connectivity index (χ0v) is 17.9. The Labute approximate surface area is 172 Å². The van der Waals surface area contributed by atoms with E-state index >= 15 is 0 Å². The average molecular weight is 439 g/mol. The van der Waals surface area contributed by atoms with E-state index in [1.807, 2.05) is 0 Å². The zero-order valence-electron chi connectivity index (χ0n) is 15.6. The third kappa shape index (κ3) is 6.30. The van der Waals surface area contributed by atoms with Gasteiger partial charge in [-0.25, -0.2) is 8.42 Å². The monoisotopic (exact) mass is 438 g/mol. The first-order valence-electron chi connectivity index (χ1n) is 8.78. The second-order valence-corrected chi connectivity index (χ2v) is 8.29. The Morgan fingerprint density at radius 3 is 2.48 bits per heavy atom. The standard InChI is InChI=1S/C17H26ClN3O4S.ClH/c1-3-21(4-2)26(23,24)14-5-6-16(18)15(13-14)17(22)19-7-8-20-9-11-25-12-10-20;/h5-6,13H,3-4,7-12H2,1-2H3,(H,19,22);1H/p-1. The maximum absolute atomic E-state index is 12.6. The van der Waals surface area contributed by atoms with Crippen LogP contribution in [0.4, 0.5) is 0 Å². The molecule has 27 heavy (non-hydrogen) atoms. The third-order valence-corrected chi connectivity index (χ3v) is 6.72.